The fourth-order valence-corrected chi connectivity index (χ4v) is 4.33. The first-order chi connectivity index (χ1) is 10.4. The lowest BCUT2D eigenvalue weighted by atomic mass is 9.97. The molecule has 2 amide bonds. The highest BCUT2D eigenvalue weighted by molar-refractivity contribution is 7.91. The van der Waals surface area contributed by atoms with E-state index in [0.29, 0.717) is 6.54 Å². The lowest BCUT2D eigenvalue weighted by molar-refractivity contribution is 0.233. The molecule has 0 saturated heterocycles. The van der Waals surface area contributed by atoms with Crippen molar-refractivity contribution < 1.29 is 13.2 Å². The van der Waals surface area contributed by atoms with E-state index in [1.54, 1.807) is 6.07 Å². The van der Waals surface area contributed by atoms with Gasteiger partial charge in [-0.2, -0.15) is 0 Å². The molecular formula is C14H23N3O3S2. The first-order valence-corrected chi connectivity index (χ1v) is 9.97. The minimum atomic E-state index is -3.66. The standard InChI is InChI=1S/C14H23N3O3S2/c15-22(19,20)13-9-8-12(21-13)10-16-14(18)17-11-6-4-2-1-3-5-7-11/h8-9,11H,1-7,10H2,(H2,15,19,20)(H2,16,17,18). The SMILES string of the molecule is NS(=O)(=O)c1ccc(CNC(=O)NC2CCCCCCC2)s1. The predicted octanol–water partition coefficient (Wildman–Crippen LogP) is 2.31. The number of sulfonamides is 1. The maximum atomic E-state index is 11.9. The number of thiophene rings is 1. The van der Waals surface area contributed by atoms with Gasteiger partial charge >= 0.3 is 6.03 Å². The molecule has 0 aliphatic heterocycles. The third kappa shape index (κ3) is 5.58. The van der Waals surface area contributed by atoms with Crippen LogP contribution < -0.4 is 15.8 Å². The van der Waals surface area contributed by atoms with Crippen LogP contribution >= 0.6 is 11.3 Å². The molecule has 22 heavy (non-hydrogen) atoms. The Balaban J connectivity index is 1.78. The molecule has 1 aliphatic carbocycles. The Morgan fingerprint density at radius 1 is 1.18 bits per heavy atom. The minimum Gasteiger partial charge on any atom is -0.335 e. The van der Waals surface area contributed by atoms with Crippen LogP contribution in [0.5, 0.6) is 0 Å². The maximum Gasteiger partial charge on any atom is 0.315 e. The summed E-state index contributed by atoms with van der Waals surface area (Å²) in [5, 5.41) is 10.8. The van der Waals surface area contributed by atoms with Crippen molar-refractivity contribution in [1.82, 2.24) is 10.6 Å². The summed E-state index contributed by atoms with van der Waals surface area (Å²) >= 11 is 1.08. The van der Waals surface area contributed by atoms with Crippen molar-refractivity contribution in [3.05, 3.63) is 17.0 Å². The number of hydrogen-bond donors (Lipinski definition) is 3. The second kappa shape index (κ2) is 7.94. The number of carbonyl (C=O) groups is 1. The molecule has 1 fully saturated rings. The van der Waals surface area contributed by atoms with Gasteiger partial charge in [0, 0.05) is 10.9 Å². The van der Waals surface area contributed by atoms with Gasteiger partial charge in [0.1, 0.15) is 4.21 Å². The summed E-state index contributed by atoms with van der Waals surface area (Å²) in [6, 6.07) is 3.17. The molecule has 8 heteroatoms. The van der Waals surface area contributed by atoms with Gasteiger partial charge in [0.25, 0.3) is 0 Å². The Hall–Kier alpha value is -1.12. The number of nitrogens with two attached hydrogens (primary N) is 1. The highest BCUT2D eigenvalue weighted by atomic mass is 32.2. The highest BCUT2D eigenvalue weighted by Gasteiger charge is 2.15. The summed E-state index contributed by atoms with van der Waals surface area (Å²) in [4.78, 5) is 12.7. The van der Waals surface area contributed by atoms with Crippen LogP contribution in [0.4, 0.5) is 4.79 Å². The number of nitrogens with one attached hydrogen (secondary N) is 2. The molecule has 2 rings (SSSR count). The van der Waals surface area contributed by atoms with Crippen LogP contribution in [0.3, 0.4) is 0 Å². The van der Waals surface area contributed by atoms with Gasteiger partial charge in [-0.25, -0.2) is 18.4 Å². The van der Waals surface area contributed by atoms with Gasteiger partial charge in [0.15, 0.2) is 0 Å². The molecule has 4 N–H and O–H groups in total. The van der Waals surface area contributed by atoms with Gasteiger partial charge in [-0.15, -0.1) is 11.3 Å². The van der Waals surface area contributed by atoms with Crippen molar-refractivity contribution in [2.75, 3.05) is 0 Å². The number of amides is 2. The summed E-state index contributed by atoms with van der Waals surface area (Å²) in [5.41, 5.74) is 0. The Kier molecular flexibility index (Phi) is 6.22. The summed E-state index contributed by atoms with van der Waals surface area (Å²) in [6.07, 6.45) is 8.16. The lowest BCUT2D eigenvalue weighted by Gasteiger charge is -2.21. The Morgan fingerprint density at radius 2 is 1.82 bits per heavy atom. The minimum absolute atomic E-state index is 0.115. The third-order valence-corrected chi connectivity index (χ3v) is 6.30. The van der Waals surface area contributed by atoms with Gasteiger partial charge in [0.05, 0.1) is 6.54 Å². The van der Waals surface area contributed by atoms with E-state index in [4.69, 9.17) is 5.14 Å². The fraction of sp³-hybridized carbons (Fsp3) is 0.643. The van der Waals surface area contributed by atoms with Crippen molar-refractivity contribution in [2.24, 2.45) is 5.14 Å². The number of primary sulfonamides is 1. The molecule has 0 bridgehead atoms. The Bertz CT molecular complexity index is 590. The zero-order chi connectivity index (χ0) is 16.0. The average molecular weight is 345 g/mol. The molecule has 0 aromatic carbocycles. The molecule has 1 aromatic rings. The average Bonchev–Trinajstić information content (AvgIpc) is 2.88. The van der Waals surface area contributed by atoms with E-state index in [1.165, 1.54) is 25.3 Å². The normalized spacial score (nSPS) is 17.5. The largest absolute Gasteiger partial charge is 0.335 e. The van der Waals surface area contributed by atoms with E-state index >= 15 is 0 Å². The first kappa shape index (κ1) is 17.2. The van der Waals surface area contributed by atoms with Gasteiger partial charge in [-0.05, 0) is 25.0 Å². The zero-order valence-corrected chi connectivity index (χ0v) is 14.1. The molecule has 0 radical (unpaired) electrons. The number of hydrogen-bond acceptors (Lipinski definition) is 4. The van der Waals surface area contributed by atoms with Crippen molar-refractivity contribution >= 4 is 27.4 Å². The first-order valence-electron chi connectivity index (χ1n) is 7.61. The summed E-state index contributed by atoms with van der Waals surface area (Å²) in [5.74, 6) is 0. The van der Waals surface area contributed by atoms with Crippen molar-refractivity contribution in [3.8, 4) is 0 Å². The van der Waals surface area contributed by atoms with Crippen molar-refractivity contribution in [3.63, 3.8) is 0 Å². The summed E-state index contributed by atoms with van der Waals surface area (Å²) < 4.78 is 22.5. The van der Waals surface area contributed by atoms with E-state index in [-0.39, 0.29) is 16.3 Å². The van der Waals surface area contributed by atoms with Crippen LogP contribution in [0.2, 0.25) is 0 Å². The van der Waals surface area contributed by atoms with E-state index < -0.39 is 10.0 Å². The van der Waals surface area contributed by atoms with Gasteiger partial charge in [-0.1, -0.05) is 32.1 Å². The molecule has 1 aromatic heterocycles. The van der Waals surface area contributed by atoms with Crippen LogP contribution in [0.25, 0.3) is 0 Å². The van der Waals surface area contributed by atoms with E-state index in [9.17, 15) is 13.2 Å². The van der Waals surface area contributed by atoms with Crippen LogP contribution in [0, 0.1) is 0 Å². The van der Waals surface area contributed by atoms with Crippen LogP contribution in [-0.4, -0.2) is 20.5 Å². The topological polar surface area (TPSA) is 101 Å². The van der Waals surface area contributed by atoms with E-state index in [2.05, 4.69) is 10.6 Å². The lowest BCUT2D eigenvalue weighted by Crippen LogP contribution is -2.41. The maximum absolute atomic E-state index is 11.9. The Labute approximate surface area is 135 Å². The third-order valence-electron chi connectivity index (χ3n) is 3.78. The van der Waals surface area contributed by atoms with Crippen LogP contribution in [0.1, 0.15) is 49.8 Å². The van der Waals surface area contributed by atoms with Crippen molar-refractivity contribution in [2.45, 2.75) is 61.7 Å². The van der Waals surface area contributed by atoms with E-state index in [1.807, 2.05) is 0 Å². The quantitative estimate of drug-likeness (QED) is 0.780. The summed E-state index contributed by atoms with van der Waals surface area (Å²) in [6.45, 7) is 0.304. The monoisotopic (exact) mass is 345 g/mol. The molecule has 1 aliphatic rings. The number of carbonyl (C=O) groups excluding carboxylic acids is 1. The molecule has 1 saturated carbocycles. The molecular weight excluding hydrogens is 322 g/mol. The molecule has 1 heterocycles. The highest BCUT2D eigenvalue weighted by Crippen LogP contribution is 2.20. The molecule has 0 spiro atoms. The predicted molar refractivity (Wildman–Crippen MR) is 87.2 cm³/mol. The molecule has 6 nitrogen and oxygen atoms in total. The fourth-order valence-electron chi connectivity index (χ4n) is 2.61. The van der Waals surface area contributed by atoms with E-state index in [0.717, 1.165) is 41.9 Å². The van der Waals surface area contributed by atoms with Gasteiger partial charge in [0.2, 0.25) is 10.0 Å². The molecule has 0 unspecified atom stereocenters. The van der Waals surface area contributed by atoms with Gasteiger partial charge in [-0.3, -0.25) is 0 Å². The molecule has 0 atom stereocenters. The second-order valence-electron chi connectivity index (χ2n) is 5.63. The zero-order valence-electron chi connectivity index (χ0n) is 12.5. The smallest absolute Gasteiger partial charge is 0.315 e. The Morgan fingerprint density at radius 3 is 2.41 bits per heavy atom. The van der Waals surface area contributed by atoms with Gasteiger partial charge < -0.3 is 10.6 Å². The number of urea groups is 1. The summed E-state index contributed by atoms with van der Waals surface area (Å²) in [7, 11) is -3.66. The molecule has 124 valence electrons. The van der Waals surface area contributed by atoms with Crippen LogP contribution in [0.15, 0.2) is 16.3 Å². The van der Waals surface area contributed by atoms with Crippen LogP contribution in [-0.2, 0) is 16.6 Å². The number of rotatable bonds is 4. The van der Waals surface area contributed by atoms with Crippen molar-refractivity contribution in [1.29, 1.82) is 0 Å². The second-order valence-corrected chi connectivity index (χ2v) is 8.59.